The predicted molar refractivity (Wildman–Crippen MR) is 131 cm³/mol. The number of hydrogen-bond donors (Lipinski definition) is 0. The number of benzene rings is 3. The molecule has 0 bridgehead atoms. The fourth-order valence-corrected chi connectivity index (χ4v) is 6.52. The molecule has 0 N–H and O–H groups in total. The number of carbonyl (C=O) groups is 2. The van der Waals surface area contributed by atoms with Gasteiger partial charge in [0.25, 0.3) is 11.8 Å². The maximum atomic E-state index is 14.2. The number of ether oxygens (including phenoxy) is 1. The molecule has 0 aliphatic carbocycles. The summed E-state index contributed by atoms with van der Waals surface area (Å²) in [6, 6.07) is 24.9. The van der Waals surface area contributed by atoms with E-state index >= 15 is 0 Å². The van der Waals surface area contributed by atoms with Crippen molar-refractivity contribution in [1.29, 1.82) is 0 Å². The summed E-state index contributed by atoms with van der Waals surface area (Å²) in [6.45, 7) is 5.11. The van der Waals surface area contributed by atoms with E-state index in [1.54, 1.807) is 42.0 Å². The molecule has 2 aliphatic rings. The van der Waals surface area contributed by atoms with Crippen LogP contribution in [0.3, 0.4) is 0 Å². The zero-order chi connectivity index (χ0) is 23.2. The first-order chi connectivity index (χ1) is 15.9. The van der Waals surface area contributed by atoms with Gasteiger partial charge < -0.3 is 14.5 Å². The molecule has 2 aliphatic heterocycles. The average Bonchev–Trinajstić information content (AvgIpc) is 3.25. The Morgan fingerprint density at radius 3 is 2.48 bits per heavy atom. The molecule has 0 unspecified atom stereocenters. The lowest BCUT2D eigenvalue weighted by atomic mass is 10.0. The molecular formula is C27H26N2O3S. The molecule has 0 radical (unpaired) electrons. The zero-order valence-corrected chi connectivity index (χ0v) is 19.8. The lowest BCUT2D eigenvalue weighted by molar-refractivity contribution is -0.123. The fraction of sp³-hybridized carbons (Fsp3) is 0.259. The van der Waals surface area contributed by atoms with E-state index in [0.717, 1.165) is 16.8 Å². The molecule has 3 aromatic rings. The number of rotatable bonds is 4. The van der Waals surface area contributed by atoms with Crippen molar-refractivity contribution in [2.45, 2.75) is 30.0 Å². The summed E-state index contributed by atoms with van der Waals surface area (Å²) in [5.41, 5.74) is 3.29. The Labute approximate surface area is 198 Å². The molecule has 1 fully saturated rings. The van der Waals surface area contributed by atoms with Crippen LogP contribution in [-0.4, -0.2) is 35.1 Å². The Morgan fingerprint density at radius 1 is 1.00 bits per heavy atom. The van der Waals surface area contributed by atoms with Crippen molar-refractivity contribution >= 4 is 29.3 Å². The largest absolute Gasteiger partial charge is 0.497 e. The van der Waals surface area contributed by atoms with E-state index in [-0.39, 0.29) is 16.6 Å². The highest BCUT2D eigenvalue weighted by Gasteiger charge is 2.63. The van der Waals surface area contributed by atoms with Crippen LogP contribution in [-0.2, 0) is 16.2 Å². The van der Waals surface area contributed by atoms with Gasteiger partial charge in [-0.25, -0.2) is 0 Å². The Balaban J connectivity index is 1.62. The van der Waals surface area contributed by atoms with Gasteiger partial charge in [-0.1, -0.05) is 54.6 Å². The Hall–Kier alpha value is -3.25. The normalized spacial score (nSPS) is 20.9. The minimum absolute atomic E-state index is 0.0700. The van der Waals surface area contributed by atoms with Gasteiger partial charge in [0.15, 0.2) is 4.87 Å². The van der Waals surface area contributed by atoms with Crippen LogP contribution in [0.4, 0.5) is 5.69 Å². The molecule has 5 rings (SSSR count). The SMILES string of the molecule is COc1cccc(C(=O)N2CC(C)(C)S[C@@]23C(=O)N(Cc2ccccc2)c2ccccc23)c1. The Morgan fingerprint density at radius 2 is 1.73 bits per heavy atom. The molecule has 0 aromatic heterocycles. The number of methoxy groups -OCH3 is 1. The average molecular weight is 459 g/mol. The summed E-state index contributed by atoms with van der Waals surface area (Å²) in [4.78, 5) is 30.6. The molecule has 2 amide bonds. The second kappa shape index (κ2) is 7.96. The van der Waals surface area contributed by atoms with E-state index in [9.17, 15) is 9.59 Å². The molecular weight excluding hydrogens is 432 g/mol. The molecule has 2 heterocycles. The second-order valence-corrected chi connectivity index (χ2v) is 10.9. The van der Waals surface area contributed by atoms with Crippen LogP contribution in [0.2, 0.25) is 0 Å². The standard InChI is InChI=1S/C27H26N2O3S/c1-26(2)18-29(24(30)20-12-9-13-21(16-20)32-3)27(33-26)22-14-7-8-15-23(22)28(25(27)31)17-19-10-5-4-6-11-19/h4-16H,17-18H2,1-3H3/t27-/m0/s1. The zero-order valence-electron chi connectivity index (χ0n) is 18.9. The van der Waals surface area contributed by atoms with Gasteiger partial charge >= 0.3 is 0 Å². The number of thioether (sulfide) groups is 1. The molecule has 1 atom stereocenters. The lowest BCUT2D eigenvalue weighted by Gasteiger charge is -2.33. The Bertz CT molecular complexity index is 1230. The number of carbonyl (C=O) groups excluding carboxylic acids is 2. The Kier molecular flexibility index (Phi) is 5.20. The minimum Gasteiger partial charge on any atom is -0.497 e. The molecule has 0 saturated carbocycles. The third-order valence-corrected chi connectivity index (χ3v) is 7.78. The monoisotopic (exact) mass is 458 g/mol. The van der Waals surface area contributed by atoms with Gasteiger partial charge in [-0.15, -0.1) is 11.8 Å². The van der Waals surface area contributed by atoms with Crippen molar-refractivity contribution in [2.24, 2.45) is 0 Å². The first kappa shape index (κ1) is 21.6. The van der Waals surface area contributed by atoms with Gasteiger partial charge in [-0.3, -0.25) is 9.59 Å². The van der Waals surface area contributed by atoms with Crippen LogP contribution in [0.1, 0.15) is 35.3 Å². The molecule has 33 heavy (non-hydrogen) atoms. The highest BCUT2D eigenvalue weighted by atomic mass is 32.2. The number of nitrogens with zero attached hydrogens (tertiary/aromatic N) is 2. The predicted octanol–water partition coefficient (Wildman–Crippen LogP) is 5.06. The van der Waals surface area contributed by atoms with E-state index in [0.29, 0.717) is 24.4 Å². The van der Waals surface area contributed by atoms with Crippen molar-refractivity contribution in [3.8, 4) is 5.75 Å². The molecule has 5 nitrogen and oxygen atoms in total. The molecule has 3 aromatic carbocycles. The topological polar surface area (TPSA) is 49.9 Å². The summed E-state index contributed by atoms with van der Waals surface area (Å²) in [5, 5.41) is 0. The van der Waals surface area contributed by atoms with Gasteiger partial charge in [-0.2, -0.15) is 0 Å². The third kappa shape index (κ3) is 3.49. The minimum atomic E-state index is -1.10. The third-order valence-electron chi connectivity index (χ3n) is 6.18. The smallest absolute Gasteiger partial charge is 0.268 e. The van der Waals surface area contributed by atoms with Crippen LogP contribution in [0.15, 0.2) is 78.9 Å². The highest BCUT2D eigenvalue weighted by Crippen LogP contribution is 2.60. The van der Waals surface area contributed by atoms with Crippen LogP contribution >= 0.6 is 11.8 Å². The van der Waals surface area contributed by atoms with E-state index < -0.39 is 4.87 Å². The number of hydrogen-bond acceptors (Lipinski definition) is 4. The van der Waals surface area contributed by atoms with Gasteiger partial charge in [-0.05, 0) is 43.7 Å². The van der Waals surface area contributed by atoms with Crippen LogP contribution < -0.4 is 9.64 Å². The van der Waals surface area contributed by atoms with Crippen LogP contribution in [0.5, 0.6) is 5.75 Å². The van der Waals surface area contributed by atoms with E-state index in [1.807, 2.05) is 65.6 Å². The van der Waals surface area contributed by atoms with Crippen molar-refractivity contribution < 1.29 is 14.3 Å². The summed E-state index contributed by atoms with van der Waals surface area (Å²) >= 11 is 1.57. The number of amides is 2. The van der Waals surface area contributed by atoms with Gasteiger partial charge in [0.1, 0.15) is 5.75 Å². The van der Waals surface area contributed by atoms with E-state index in [1.165, 1.54) is 0 Å². The first-order valence-electron chi connectivity index (χ1n) is 11.0. The fourth-order valence-electron chi connectivity index (χ4n) is 4.79. The first-order valence-corrected chi connectivity index (χ1v) is 11.8. The van der Waals surface area contributed by atoms with Crippen molar-refractivity contribution in [1.82, 2.24) is 4.90 Å². The summed E-state index contributed by atoms with van der Waals surface area (Å²) in [6.07, 6.45) is 0. The number of para-hydroxylation sites is 1. The van der Waals surface area contributed by atoms with Gasteiger partial charge in [0.2, 0.25) is 0 Å². The summed E-state index contributed by atoms with van der Waals surface area (Å²) < 4.78 is 5.04. The van der Waals surface area contributed by atoms with E-state index in [2.05, 4.69) is 13.8 Å². The quantitative estimate of drug-likeness (QED) is 0.548. The molecule has 168 valence electrons. The van der Waals surface area contributed by atoms with Crippen molar-refractivity contribution in [3.05, 3.63) is 95.6 Å². The van der Waals surface area contributed by atoms with Crippen molar-refractivity contribution in [3.63, 3.8) is 0 Å². The van der Waals surface area contributed by atoms with Crippen LogP contribution in [0.25, 0.3) is 0 Å². The lowest BCUT2D eigenvalue weighted by Crippen LogP contribution is -2.50. The van der Waals surface area contributed by atoms with Crippen LogP contribution in [0, 0.1) is 0 Å². The van der Waals surface area contributed by atoms with Gasteiger partial charge in [0, 0.05) is 22.4 Å². The number of anilines is 1. The molecule has 1 spiro atoms. The molecule has 6 heteroatoms. The second-order valence-electron chi connectivity index (χ2n) is 9.02. The number of fused-ring (bicyclic) bond motifs is 2. The van der Waals surface area contributed by atoms with Crippen molar-refractivity contribution in [2.75, 3.05) is 18.6 Å². The highest BCUT2D eigenvalue weighted by molar-refractivity contribution is 8.02. The maximum Gasteiger partial charge on any atom is 0.268 e. The maximum absolute atomic E-state index is 14.2. The summed E-state index contributed by atoms with van der Waals surface area (Å²) in [7, 11) is 1.58. The van der Waals surface area contributed by atoms with E-state index in [4.69, 9.17) is 4.74 Å². The molecule has 1 saturated heterocycles. The van der Waals surface area contributed by atoms with Gasteiger partial charge in [0.05, 0.1) is 19.3 Å². The summed E-state index contributed by atoms with van der Waals surface area (Å²) in [5.74, 6) is 0.376.